The van der Waals surface area contributed by atoms with E-state index >= 15 is 0 Å². The van der Waals surface area contributed by atoms with Crippen molar-refractivity contribution in [1.82, 2.24) is 15.0 Å². The standard InChI is InChI=1S/C45H27N3O2/c1-2-13-28(14-3-1)30-15-4-5-16-31(30)32-17-6-7-19-34(32)44-46-43(29-25-26-40-37(27-29)33-18-8-10-22-38(33)49-40)47-45(48-44)36-21-12-24-41-42(36)35-20-9-11-23-39(35)50-41/h1-27H/i8D,9D,10D,11D,12D,18D,20D,21D,22D,23D,24D,25D,26D,27D. The van der Waals surface area contributed by atoms with Crippen molar-refractivity contribution in [2.45, 2.75) is 0 Å². The molecule has 50 heavy (non-hydrogen) atoms. The topological polar surface area (TPSA) is 65.0 Å². The van der Waals surface area contributed by atoms with Crippen molar-refractivity contribution in [1.29, 1.82) is 0 Å². The highest BCUT2D eigenvalue weighted by Crippen LogP contribution is 2.40. The molecule has 234 valence electrons. The maximum Gasteiger partial charge on any atom is 0.164 e. The summed E-state index contributed by atoms with van der Waals surface area (Å²) in [5, 5.41) is -0.761. The molecule has 0 radical (unpaired) electrons. The van der Waals surface area contributed by atoms with Gasteiger partial charge in [0.1, 0.15) is 22.3 Å². The summed E-state index contributed by atoms with van der Waals surface area (Å²) >= 11 is 0. The third-order valence-electron chi connectivity index (χ3n) is 8.39. The summed E-state index contributed by atoms with van der Waals surface area (Å²) in [6.45, 7) is 0. The van der Waals surface area contributed by atoms with E-state index in [1.807, 2.05) is 66.7 Å². The van der Waals surface area contributed by atoms with E-state index in [0.717, 1.165) is 16.7 Å². The second-order valence-corrected chi connectivity index (χ2v) is 11.3. The molecule has 3 heterocycles. The number of rotatable bonds is 5. The summed E-state index contributed by atoms with van der Waals surface area (Å²) in [5.41, 5.74) is 1.56. The number of fused-ring (bicyclic) bond motifs is 6. The van der Waals surface area contributed by atoms with Crippen molar-refractivity contribution < 1.29 is 28.0 Å². The maximum absolute atomic E-state index is 9.56. The molecular formula is C45H27N3O2. The van der Waals surface area contributed by atoms with Gasteiger partial charge in [-0.2, -0.15) is 0 Å². The second kappa shape index (κ2) is 11.4. The van der Waals surface area contributed by atoms with Gasteiger partial charge in [0.2, 0.25) is 0 Å². The van der Waals surface area contributed by atoms with Gasteiger partial charge in [-0.25, -0.2) is 15.0 Å². The van der Waals surface area contributed by atoms with Crippen LogP contribution in [0.1, 0.15) is 19.2 Å². The molecule has 0 unspecified atom stereocenters. The lowest BCUT2D eigenvalue weighted by molar-refractivity contribution is 0.668. The Bertz CT molecular complexity index is 3680. The molecule has 0 spiro atoms. The lowest BCUT2D eigenvalue weighted by Gasteiger charge is -2.15. The molecule has 3 aromatic heterocycles. The number of aromatic nitrogens is 3. The van der Waals surface area contributed by atoms with Gasteiger partial charge in [0.25, 0.3) is 0 Å². The van der Waals surface area contributed by atoms with Gasteiger partial charge in [0, 0.05) is 38.2 Å². The average molecular weight is 656 g/mol. The fourth-order valence-electron chi connectivity index (χ4n) is 6.16. The maximum atomic E-state index is 9.56. The quantitative estimate of drug-likeness (QED) is 0.185. The molecule has 10 aromatic rings. The van der Waals surface area contributed by atoms with Crippen LogP contribution in [0.15, 0.2) is 172 Å². The van der Waals surface area contributed by atoms with Crippen molar-refractivity contribution in [3.05, 3.63) is 163 Å². The zero-order valence-corrected chi connectivity index (χ0v) is 25.7. The predicted octanol–water partition coefficient (Wildman–Crippen LogP) is 12.0. The van der Waals surface area contributed by atoms with E-state index < -0.39 is 90.4 Å². The Kier molecular flexibility index (Phi) is 3.99. The summed E-state index contributed by atoms with van der Waals surface area (Å²) in [4.78, 5) is 14.4. The van der Waals surface area contributed by atoms with Crippen LogP contribution < -0.4 is 0 Å². The van der Waals surface area contributed by atoms with Gasteiger partial charge in [-0.3, -0.25) is 0 Å². The average Bonchev–Trinajstić information content (AvgIpc) is 3.92. The van der Waals surface area contributed by atoms with Crippen LogP contribution in [0.4, 0.5) is 0 Å². The van der Waals surface area contributed by atoms with Crippen LogP contribution in [0.5, 0.6) is 0 Å². The van der Waals surface area contributed by atoms with E-state index in [9.17, 15) is 4.11 Å². The van der Waals surface area contributed by atoms with Gasteiger partial charge in [0.05, 0.1) is 19.2 Å². The van der Waals surface area contributed by atoms with Crippen LogP contribution in [0.2, 0.25) is 0 Å². The van der Waals surface area contributed by atoms with Crippen LogP contribution in [0.25, 0.3) is 100 Å². The number of hydrogen-bond donors (Lipinski definition) is 0. The van der Waals surface area contributed by atoms with Crippen molar-refractivity contribution in [2.75, 3.05) is 0 Å². The van der Waals surface area contributed by atoms with Gasteiger partial charge < -0.3 is 8.83 Å². The van der Waals surface area contributed by atoms with E-state index in [1.165, 1.54) is 0 Å². The monoisotopic (exact) mass is 655 g/mol. The number of para-hydroxylation sites is 2. The molecular weight excluding hydrogens is 615 g/mol. The van der Waals surface area contributed by atoms with E-state index in [0.29, 0.717) is 11.1 Å². The Balaban J connectivity index is 1.36. The van der Waals surface area contributed by atoms with Crippen LogP contribution in [0, 0.1) is 0 Å². The van der Waals surface area contributed by atoms with E-state index in [2.05, 4.69) is 0 Å². The Morgan fingerprint density at radius 3 is 1.74 bits per heavy atom. The third-order valence-corrected chi connectivity index (χ3v) is 8.39. The molecule has 5 nitrogen and oxygen atoms in total. The Hall–Kier alpha value is -6.85. The molecule has 0 fully saturated rings. The molecule has 0 N–H and O–H groups in total. The molecule has 0 bridgehead atoms. The van der Waals surface area contributed by atoms with Gasteiger partial charge in [-0.15, -0.1) is 0 Å². The second-order valence-electron chi connectivity index (χ2n) is 11.3. The zero-order chi connectivity index (χ0) is 45.2. The molecule has 0 atom stereocenters. The zero-order valence-electron chi connectivity index (χ0n) is 39.7. The summed E-state index contributed by atoms with van der Waals surface area (Å²) < 4.78 is 135. The first-order valence-corrected chi connectivity index (χ1v) is 15.5. The summed E-state index contributed by atoms with van der Waals surface area (Å²) in [6.07, 6.45) is 0. The Labute approximate surface area is 306 Å². The van der Waals surface area contributed by atoms with E-state index in [-0.39, 0.29) is 66.7 Å². The van der Waals surface area contributed by atoms with Crippen LogP contribution >= 0.6 is 0 Å². The highest BCUT2D eigenvalue weighted by molar-refractivity contribution is 6.12. The number of nitrogens with zero attached hydrogens (tertiary/aromatic N) is 3. The summed E-state index contributed by atoms with van der Waals surface area (Å²) in [7, 11) is 0. The molecule has 0 aliphatic rings. The summed E-state index contributed by atoms with van der Waals surface area (Å²) in [5.74, 6) is -0.837. The normalized spacial score (nSPS) is 15.5. The highest BCUT2D eigenvalue weighted by atomic mass is 16.3. The SMILES string of the molecule is [2H]c1c([2H])c([2H])c2c(oc3c([2H])c([2H])c(-c4nc(-c5ccccc5-c5ccccc5-c5ccccc5)nc(-c5c([2H])c([2H])c([2H])c6oc7c([2H])c([2H])c([2H])c([2H])c7c56)n4)c([2H])c32)c1[2H]. The van der Waals surface area contributed by atoms with Gasteiger partial charge in [-0.05, 0) is 58.5 Å². The molecule has 0 saturated carbocycles. The molecule has 5 heteroatoms. The molecule has 0 saturated heterocycles. The number of hydrogen-bond acceptors (Lipinski definition) is 5. The summed E-state index contributed by atoms with van der Waals surface area (Å²) in [6, 6.07) is 16.2. The number of benzene rings is 7. The largest absolute Gasteiger partial charge is 0.456 e. The molecule has 0 aliphatic carbocycles. The van der Waals surface area contributed by atoms with Crippen molar-refractivity contribution in [3.8, 4) is 56.4 Å². The first-order chi connectivity index (χ1) is 30.6. The predicted molar refractivity (Wildman–Crippen MR) is 202 cm³/mol. The number of furan rings is 2. The molecule has 7 aromatic carbocycles. The minimum atomic E-state index is -0.645. The van der Waals surface area contributed by atoms with Crippen molar-refractivity contribution in [3.63, 3.8) is 0 Å². The van der Waals surface area contributed by atoms with E-state index in [1.54, 1.807) is 12.1 Å². The molecule has 0 aliphatic heterocycles. The fraction of sp³-hybridized carbons (Fsp3) is 0. The minimum Gasteiger partial charge on any atom is -0.456 e. The van der Waals surface area contributed by atoms with Crippen molar-refractivity contribution >= 4 is 43.9 Å². The van der Waals surface area contributed by atoms with Gasteiger partial charge in [0.15, 0.2) is 17.5 Å². The van der Waals surface area contributed by atoms with Gasteiger partial charge >= 0.3 is 0 Å². The molecule has 0 amide bonds. The van der Waals surface area contributed by atoms with Crippen LogP contribution in [-0.4, -0.2) is 15.0 Å². The lowest BCUT2D eigenvalue weighted by Crippen LogP contribution is -2.01. The molecule has 10 rings (SSSR count). The highest BCUT2D eigenvalue weighted by Gasteiger charge is 2.20. The lowest BCUT2D eigenvalue weighted by atomic mass is 9.91. The van der Waals surface area contributed by atoms with Crippen molar-refractivity contribution in [2.24, 2.45) is 0 Å². The fourth-order valence-corrected chi connectivity index (χ4v) is 6.16. The van der Waals surface area contributed by atoms with Crippen LogP contribution in [0.3, 0.4) is 0 Å². The van der Waals surface area contributed by atoms with E-state index in [4.69, 9.17) is 38.9 Å². The Morgan fingerprint density at radius 1 is 0.380 bits per heavy atom. The minimum absolute atomic E-state index is 0.0772. The third kappa shape index (κ3) is 4.60. The smallest absolute Gasteiger partial charge is 0.164 e. The van der Waals surface area contributed by atoms with Gasteiger partial charge in [-0.1, -0.05) is 127 Å². The Morgan fingerprint density at radius 2 is 0.940 bits per heavy atom. The van der Waals surface area contributed by atoms with Crippen LogP contribution in [-0.2, 0) is 0 Å². The first kappa shape index (κ1) is 17.5. The first-order valence-electron chi connectivity index (χ1n) is 22.5.